The molecule has 1 N–H and O–H groups in total. The first-order chi connectivity index (χ1) is 8.66. The summed E-state index contributed by atoms with van der Waals surface area (Å²) in [7, 11) is 1.88. The van der Waals surface area contributed by atoms with Crippen LogP contribution in [0.4, 0.5) is 0 Å². The number of hydrogen-bond acceptors (Lipinski definition) is 3. The van der Waals surface area contributed by atoms with Crippen LogP contribution in [0.15, 0.2) is 48.0 Å². The minimum absolute atomic E-state index is 0.261. The fourth-order valence-electron chi connectivity index (χ4n) is 1.42. The highest BCUT2D eigenvalue weighted by atomic mass is 16.5. The fraction of sp³-hybridized carbons (Fsp3) is 0.0833. The molecule has 18 heavy (non-hydrogen) atoms. The smallest absolute Gasteiger partial charge is 0.277 e. The Morgan fingerprint density at radius 1 is 1.50 bits per heavy atom. The van der Waals surface area contributed by atoms with Gasteiger partial charge < -0.3 is 9.77 Å². The van der Waals surface area contributed by atoms with E-state index >= 15 is 0 Å². The average molecular weight is 244 g/mol. The molecule has 0 saturated carbocycles. The fourth-order valence-corrected chi connectivity index (χ4v) is 1.42. The van der Waals surface area contributed by atoms with Gasteiger partial charge in [0.05, 0.1) is 11.9 Å². The number of carbonyl (C=O) groups excluding carboxylic acids is 1. The van der Waals surface area contributed by atoms with Gasteiger partial charge in [-0.1, -0.05) is 0 Å². The molecule has 0 saturated heterocycles. The highest BCUT2D eigenvalue weighted by Crippen LogP contribution is 1.96. The molecule has 2 rings (SSSR count). The molecule has 0 aliphatic heterocycles. The van der Waals surface area contributed by atoms with E-state index < -0.39 is 5.91 Å². The maximum absolute atomic E-state index is 11.6. The Morgan fingerprint density at radius 2 is 2.33 bits per heavy atom. The zero-order chi connectivity index (χ0) is 13.0. The molecule has 0 aromatic carbocycles. The summed E-state index contributed by atoms with van der Waals surface area (Å²) >= 11 is 0. The van der Waals surface area contributed by atoms with Crippen molar-refractivity contribution in [2.24, 2.45) is 12.1 Å². The highest BCUT2D eigenvalue weighted by molar-refractivity contribution is 5.94. The summed E-state index contributed by atoms with van der Waals surface area (Å²) in [5.41, 5.74) is 3.48. The lowest BCUT2D eigenvalue weighted by Gasteiger charge is -2.00. The number of rotatable bonds is 3. The molecule has 2 aromatic rings. The second kappa shape index (κ2) is 5.13. The van der Waals surface area contributed by atoms with Gasteiger partial charge >= 0.3 is 0 Å². The number of nitrogens with one attached hydrogen (secondary N) is 1. The van der Waals surface area contributed by atoms with Crippen molar-refractivity contribution < 1.29 is 9.52 Å². The molecule has 1 amide bonds. The summed E-state index contributed by atoms with van der Waals surface area (Å²) in [5.74, 6) is -0.425. The standard InChI is InChI=1S/C12H12N4O2/c1-15-6-3-5-11(15)8-13-14-12(17)10-4-2-7-16(18)9-10/h2-9H,1H3,(H,14,17). The molecular weight excluding hydrogens is 232 g/mol. The van der Waals surface area contributed by atoms with Gasteiger partial charge in [-0.25, -0.2) is 5.43 Å². The number of carbonyl (C=O) groups is 1. The Morgan fingerprint density at radius 3 is 3.00 bits per heavy atom. The zero-order valence-electron chi connectivity index (χ0n) is 9.78. The molecule has 0 bridgehead atoms. The molecule has 92 valence electrons. The Bertz CT molecular complexity index is 589. The third-order valence-corrected chi connectivity index (χ3v) is 2.38. The Hall–Kier alpha value is -2.63. The van der Waals surface area contributed by atoms with Gasteiger partial charge in [-0.2, -0.15) is 9.83 Å². The maximum atomic E-state index is 11.6. The Kier molecular flexibility index (Phi) is 3.38. The van der Waals surface area contributed by atoms with Gasteiger partial charge in [0.15, 0.2) is 12.4 Å². The third kappa shape index (κ3) is 2.73. The topological polar surface area (TPSA) is 73.3 Å². The summed E-state index contributed by atoms with van der Waals surface area (Å²) in [6, 6.07) is 6.79. The summed E-state index contributed by atoms with van der Waals surface area (Å²) in [6.45, 7) is 0. The molecule has 0 unspecified atom stereocenters. The van der Waals surface area contributed by atoms with E-state index in [0.29, 0.717) is 4.73 Å². The molecule has 2 aromatic heterocycles. The van der Waals surface area contributed by atoms with E-state index in [0.717, 1.165) is 5.69 Å². The van der Waals surface area contributed by atoms with Gasteiger partial charge in [0.2, 0.25) is 0 Å². The van der Waals surface area contributed by atoms with Crippen LogP contribution in [0.1, 0.15) is 16.1 Å². The molecule has 2 heterocycles. The van der Waals surface area contributed by atoms with Gasteiger partial charge in [-0.3, -0.25) is 4.79 Å². The van der Waals surface area contributed by atoms with E-state index in [2.05, 4.69) is 10.5 Å². The van der Waals surface area contributed by atoms with Crippen molar-refractivity contribution in [1.82, 2.24) is 9.99 Å². The lowest BCUT2D eigenvalue weighted by Crippen LogP contribution is -2.28. The Balaban J connectivity index is 2.01. The van der Waals surface area contributed by atoms with Crippen LogP contribution in [-0.4, -0.2) is 16.7 Å². The number of aryl methyl sites for hydroxylation is 1. The normalized spacial score (nSPS) is 10.7. The average Bonchev–Trinajstić information content (AvgIpc) is 2.75. The number of aromatic nitrogens is 2. The maximum Gasteiger partial charge on any atom is 0.277 e. The number of pyridine rings is 1. The highest BCUT2D eigenvalue weighted by Gasteiger charge is 2.06. The molecular formula is C12H12N4O2. The molecule has 6 nitrogen and oxygen atoms in total. The summed E-state index contributed by atoms with van der Waals surface area (Å²) in [4.78, 5) is 11.6. The van der Waals surface area contributed by atoms with Gasteiger partial charge in [0.1, 0.15) is 5.56 Å². The second-order valence-electron chi connectivity index (χ2n) is 3.70. The molecule has 6 heteroatoms. The van der Waals surface area contributed by atoms with Crippen LogP contribution >= 0.6 is 0 Å². The van der Waals surface area contributed by atoms with E-state index in [-0.39, 0.29) is 5.56 Å². The summed E-state index contributed by atoms with van der Waals surface area (Å²) in [5, 5.41) is 14.8. The second-order valence-corrected chi connectivity index (χ2v) is 3.70. The monoisotopic (exact) mass is 244 g/mol. The van der Waals surface area contributed by atoms with Gasteiger partial charge in [0.25, 0.3) is 5.91 Å². The van der Waals surface area contributed by atoms with Crippen LogP contribution in [0.2, 0.25) is 0 Å². The van der Waals surface area contributed by atoms with Crippen LogP contribution in [0.3, 0.4) is 0 Å². The molecule has 0 fully saturated rings. The van der Waals surface area contributed by atoms with Gasteiger partial charge in [-0.05, 0) is 18.2 Å². The van der Waals surface area contributed by atoms with Gasteiger partial charge in [0, 0.05) is 19.3 Å². The number of hydrazone groups is 1. The van der Waals surface area contributed by atoms with E-state index in [1.165, 1.54) is 24.7 Å². The van der Waals surface area contributed by atoms with Crippen LogP contribution in [0.25, 0.3) is 0 Å². The molecule has 0 atom stereocenters. The van der Waals surface area contributed by atoms with Crippen LogP contribution in [-0.2, 0) is 7.05 Å². The molecule has 0 radical (unpaired) electrons. The van der Waals surface area contributed by atoms with E-state index in [4.69, 9.17) is 0 Å². The number of amides is 1. The summed E-state index contributed by atoms with van der Waals surface area (Å²) < 4.78 is 2.43. The summed E-state index contributed by atoms with van der Waals surface area (Å²) in [6.07, 6.45) is 5.91. The lowest BCUT2D eigenvalue weighted by atomic mass is 10.3. The zero-order valence-corrected chi connectivity index (χ0v) is 9.78. The van der Waals surface area contributed by atoms with E-state index in [9.17, 15) is 10.0 Å². The minimum atomic E-state index is -0.425. The molecule has 0 aliphatic carbocycles. The van der Waals surface area contributed by atoms with Gasteiger partial charge in [-0.15, -0.1) is 0 Å². The predicted octanol–water partition coefficient (Wildman–Crippen LogP) is 0.422. The van der Waals surface area contributed by atoms with Crippen molar-refractivity contribution in [2.75, 3.05) is 0 Å². The van der Waals surface area contributed by atoms with Crippen molar-refractivity contribution in [3.05, 3.63) is 59.3 Å². The molecule has 0 spiro atoms. The van der Waals surface area contributed by atoms with Crippen LogP contribution in [0.5, 0.6) is 0 Å². The minimum Gasteiger partial charge on any atom is -0.619 e. The first kappa shape index (κ1) is 11.8. The van der Waals surface area contributed by atoms with Crippen molar-refractivity contribution >= 4 is 12.1 Å². The van der Waals surface area contributed by atoms with Crippen molar-refractivity contribution in [3.8, 4) is 0 Å². The SMILES string of the molecule is Cn1cccc1C=NNC(=O)c1ccc[n+]([O-])c1. The van der Waals surface area contributed by atoms with Crippen molar-refractivity contribution in [3.63, 3.8) is 0 Å². The van der Waals surface area contributed by atoms with Crippen molar-refractivity contribution in [2.45, 2.75) is 0 Å². The first-order valence-electron chi connectivity index (χ1n) is 5.30. The Labute approximate surface area is 104 Å². The van der Waals surface area contributed by atoms with Crippen molar-refractivity contribution in [1.29, 1.82) is 0 Å². The number of nitrogens with zero attached hydrogens (tertiary/aromatic N) is 3. The predicted molar refractivity (Wildman–Crippen MR) is 65.9 cm³/mol. The van der Waals surface area contributed by atoms with E-state index in [1.54, 1.807) is 6.07 Å². The van der Waals surface area contributed by atoms with Crippen LogP contribution < -0.4 is 10.2 Å². The molecule has 0 aliphatic rings. The largest absolute Gasteiger partial charge is 0.619 e. The lowest BCUT2D eigenvalue weighted by molar-refractivity contribution is -0.605. The quantitative estimate of drug-likeness (QED) is 0.368. The first-order valence-corrected chi connectivity index (χ1v) is 5.30. The third-order valence-electron chi connectivity index (χ3n) is 2.38. The van der Waals surface area contributed by atoms with Crippen LogP contribution in [0, 0.1) is 5.21 Å². The van der Waals surface area contributed by atoms with E-state index in [1.807, 2.05) is 29.9 Å². The number of hydrogen-bond donors (Lipinski definition) is 1.